The fraction of sp³-hybridized carbons (Fsp3) is 0.588. The van der Waals surface area contributed by atoms with Crippen molar-refractivity contribution in [3.8, 4) is 17.2 Å². The minimum atomic E-state index is -0.0761. The van der Waals surface area contributed by atoms with E-state index < -0.39 is 0 Å². The van der Waals surface area contributed by atoms with Crippen molar-refractivity contribution in [2.75, 3.05) is 46.8 Å². The lowest BCUT2D eigenvalue weighted by molar-refractivity contribution is -0.135. The third-order valence-corrected chi connectivity index (χ3v) is 5.70. The van der Waals surface area contributed by atoms with E-state index in [1.54, 1.807) is 33.1 Å². The van der Waals surface area contributed by atoms with E-state index in [0.717, 1.165) is 24.3 Å². The first kappa shape index (κ1) is 17.2. The van der Waals surface area contributed by atoms with Crippen LogP contribution in [0.15, 0.2) is 12.1 Å². The van der Waals surface area contributed by atoms with Crippen molar-refractivity contribution in [2.24, 2.45) is 5.92 Å². The van der Waals surface area contributed by atoms with Gasteiger partial charge in [-0.25, -0.2) is 0 Å². The quantitative estimate of drug-likeness (QED) is 0.810. The molecule has 2 fully saturated rings. The molecule has 1 aromatic rings. The molecule has 0 aliphatic carbocycles. The first-order chi connectivity index (χ1) is 11.7. The van der Waals surface area contributed by atoms with Crippen LogP contribution < -0.4 is 14.2 Å². The standard InChI is InChI=1S/C17H23NO5S/c1-20-13-9-15(22-3)14(21-2)8-12(13)17-18(5-7-24-17)16(19)11-4-6-23-10-11/h8-9,11,17H,4-7,10H2,1-3H3. The Morgan fingerprint density at radius 2 is 1.88 bits per heavy atom. The second kappa shape index (κ2) is 7.53. The van der Waals surface area contributed by atoms with E-state index in [4.69, 9.17) is 18.9 Å². The smallest absolute Gasteiger partial charge is 0.229 e. The Kier molecular flexibility index (Phi) is 5.40. The van der Waals surface area contributed by atoms with Gasteiger partial charge in [-0.2, -0.15) is 0 Å². The van der Waals surface area contributed by atoms with Crippen molar-refractivity contribution in [2.45, 2.75) is 11.8 Å². The first-order valence-corrected chi connectivity index (χ1v) is 9.04. The average Bonchev–Trinajstić information content (AvgIpc) is 3.31. The van der Waals surface area contributed by atoms with E-state index in [1.807, 2.05) is 17.0 Å². The molecule has 2 aliphatic heterocycles. The fourth-order valence-electron chi connectivity index (χ4n) is 3.16. The van der Waals surface area contributed by atoms with E-state index in [-0.39, 0.29) is 17.2 Å². The summed E-state index contributed by atoms with van der Waals surface area (Å²) >= 11 is 1.74. The van der Waals surface area contributed by atoms with Crippen LogP contribution in [-0.2, 0) is 9.53 Å². The molecule has 6 nitrogen and oxygen atoms in total. The lowest BCUT2D eigenvalue weighted by Gasteiger charge is -2.28. The minimum absolute atomic E-state index is 0.0302. The predicted molar refractivity (Wildman–Crippen MR) is 91.9 cm³/mol. The van der Waals surface area contributed by atoms with Gasteiger partial charge in [0.25, 0.3) is 0 Å². The van der Waals surface area contributed by atoms with Crippen molar-refractivity contribution in [1.82, 2.24) is 4.90 Å². The second-order valence-corrected chi connectivity index (χ2v) is 6.95. The summed E-state index contributed by atoms with van der Waals surface area (Å²) in [4.78, 5) is 14.8. The highest BCUT2D eigenvalue weighted by Gasteiger charge is 2.37. The number of nitrogens with zero attached hydrogens (tertiary/aromatic N) is 1. The number of benzene rings is 1. The number of methoxy groups -OCH3 is 3. The summed E-state index contributed by atoms with van der Waals surface area (Å²) in [5, 5.41) is -0.0761. The minimum Gasteiger partial charge on any atom is -0.496 e. The van der Waals surface area contributed by atoms with Crippen LogP contribution in [0, 0.1) is 5.92 Å². The number of thioether (sulfide) groups is 1. The molecule has 0 N–H and O–H groups in total. The molecule has 2 aliphatic rings. The zero-order valence-electron chi connectivity index (χ0n) is 14.2. The van der Waals surface area contributed by atoms with Crippen LogP contribution in [0.25, 0.3) is 0 Å². The van der Waals surface area contributed by atoms with Gasteiger partial charge in [0.1, 0.15) is 11.1 Å². The number of hydrogen-bond donors (Lipinski definition) is 0. The monoisotopic (exact) mass is 353 g/mol. The fourth-order valence-corrected chi connectivity index (χ4v) is 4.44. The summed E-state index contributed by atoms with van der Waals surface area (Å²) in [5.74, 6) is 2.99. The highest BCUT2D eigenvalue weighted by molar-refractivity contribution is 7.99. The van der Waals surface area contributed by atoms with Gasteiger partial charge in [-0.1, -0.05) is 0 Å². The number of carbonyl (C=O) groups is 1. The molecule has 0 saturated carbocycles. The Bertz CT molecular complexity index is 603. The number of carbonyl (C=O) groups excluding carboxylic acids is 1. The molecule has 3 rings (SSSR count). The lowest BCUT2D eigenvalue weighted by Crippen LogP contribution is -2.36. The highest BCUT2D eigenvalue weighted by Crippen LogP contribution is 2.46. The van der Waals surface area contributed by atoms with Gasteiger partial charge in [-0.15, -0.1) is 11.8 Å². The molecule has 2 unspecified atom stereocenters. The Balaban J connectivity index is 1.92. The molecule has 7 heteroatoms. The van der Waals surface area contributed by atoms with Crippen molar-refractivity contribution in [3.05, 3.63) is 17.7 Å². The molecule has 1 aromatic carbocycles. The lowest BCUT2D eigenvalue weighted by atomic mass is 10.1. The maximum Gasteiger partial charge on any atom is 0.229 e. The van der Waals surface area contributed by atoms with Crippen LogP contribution in [0.2, 0.25) is 0 Å². The van der Waals surface area contributed by atoms with Gasteiger partial charge in [-0.05, 0) is 12.5 Å². The molecule has 2 atom stereocenters. The third-order valence-electron chi connectivity index (χ3n) is 4.45. The van der Waals surface area contributed by atoms with Crippen molar-refractivity contribution in [3.63, 3.8) is 0 Å². The molecule has 0 aromatic heterocycles. The molecular formula is C17H23NO5S. The van der Waals surface area contributed by atoms with Gasteiger partial charge in [0.2, 0.25) is 5.91 Å². The molecule has 2 saturated heterocycles. The summed E-state index contributed by atoms with van der Waals surface area (Å²) < 4.78 is 21.7. The Morgan fingerprint density at radius 3 is 2.50 bits per heavy atom. The van der Waals surface area contributed by atoms with Crippen molar-refractivity contribution in [1.29, 1.82) is 0 Å². The molecule has 0 radical (unpaired) electrons. The third kappa shape index (κ3) is 3.15. The van der Waals surface area contributed by atoms with Crippen LogP contribution in [0.5, 0.6) is 17.2 Å². The SMILES string of the molecule is COc1cc(OC)c(C2SCCN2C(=O)C2CCOC2)cc1OC. The Labute approximate surface area is 146 Å². The molecular weight excluding hydrogens is 330 g/mol. The van der Waals surface area contributed by atoms with Crippen LogP contribution >= 0.6 is 11.8 Å². The maximum atomic E-state index is 12.8. The zero-order valence-corrected chi connectivity index (χ0v) is 15.1. The molecule has 0 spiro atoms. The number of rotatable bonds is 5. The predicted octanol–water partition coefficient (Wildman–Crippen LogP) is 2.32. The van der Waals surface area contributed by atoms with Crippen LogP contribution in [0.3, 0.4) is 0 Å². The van der Waals surface area contributed by atoms with Crippen molar-refractivity contribution < 1.29 is 23.7 Å². The normalized spacial score (nSPS) is 23.4. The van der Waals surface area contributed by atoms with Crippen LogP contribution in [-0.4, -0.2) is 57.6 Å². The van der Waals surface area contributed by atoms with Crippen LogP contribution in [0.4, 0.5) is 0 Å². The number of amides is 1. The highest BCUT2D eigenvalue weighted by atomic mass is 32.2. The van der Waals surface area contributed by atoms with E-state index in [2.05, 4.69) is 0 Å². The second-order valence-electron chi connectivity index (χ2n) is 5.76. The van der Waals surface area contributed by atoms with Gasteiger partial charge >= 0.3 is 0 Å². The molecule has 132 valence electrons. The number of ether oxygens (including phenoxy) is 4. The van der Waals surface area contributed by atoms with E-state index >= 15 is 0 Å². The summed E-state index contributed by atoms with van der Waals surface area (Å²) in [6.07, 6.45) is 0.801. The van der Waals surface area contributed by atoms with E-state index in [9.17, 15) is 4.79 Å². The summed E-state index contributed by atoms with van der Waals surface area (Å²) in [7, 11) is 4.83. The summed E-state index contributed by atoms with van der Waals surface area (Å²) in [6, 6.07) is 3.72. The largest absolute Gasteiger partial charge is 0.496 e. The zero-order chi connectivity index (χ0) is 17.1. The Hall–Kier alpha value is -1.60. The first-order valence-electron chi connectivity index (χ1n) is 7.99. The molecule has 1 amide bonds. The summed E-state index contributed by atoms with van der Waals surface area (Å²) in [6.45, 7) is 1.93. The molecule has 0 bridgehead atoms. The van der Waals surface area contributed by atoms with Gasteiger partial charge in [0.05, 0.1) is 33.9 Å². The number of hydrogen-bond acceptors (Lipinski definition) is 6. The van der Waals surface area contributed by atoms with Crippen molar-refractivity contribution >= 4 is 17.7 Å². The van der Waals surface area contributed by atoms with E-state index in [0.29, 0.717) is 30.5 Å². The average molecular weight is 353 g/mol. The van der Waals surface area contributed by atoms with Gasteiger partial charge in [-0.3, -0.25) is 4.79 Å². The van der Waals surface area contributed by atoms with E-state index in [1.165, 1.54) is 0 Å². The van der Waals surface area contributed by atoms with Gasteiger partial charge < -0.3 is 23.8 Å². The van der Waals surface area contributed by atoms with Gasteiger partial charge in [0, 0.05) is 30.5 Å². The Morgan fingerprint density at radius 1 is 1.17 bits per heavy atom. The molecule has 2 heterocycles. The molecule has 24 heavy (non-hydrogen) atoms. The topological polar surface area (TPSA) is 57.2 Å². The van der Waals surface area contributed by atoms with Crippen LogP contribution in [0.1, 0.15) is 17.4 Å². The van der Waals surface area contributed by atoms with Gasteiger partial charge in [0.15, 0.2) is 11.5 Å². The summed E-state index contributed by atoms with van der Waals surface area (Å²) in [5.41, 5.74) is 0.935. The maximum absolute atomic E-state index is 12.8.